The van der Waals surface area contributed by atoms with E-state index in [1.54, 1.807) is 0 Å². The number of hydrogen-bond acceptors (Lipinski definition) is 2. The second kappa shape index (κ2) is 5.29. The molecule has 2 rings (SSSR count). The standard InChI is InChI=1S/C13H19NO/c1-11-2-4-12(5-3-11)9-15-10-13-6-7-14-8-13/h2-5,13-14H,6-10H2,1H3/t13-/m0/s1. The summed E-state index contributed by atoms with van der Waals surface area (Å²) in [4.78, 5) is 0. The summed E-state index contributed by atoms with van der Waals surface area (Å²) >= 11 is 0. The number of hydrogen-bond donors (Lipinski definition) is 1. The number of rotatable bonds is 4. The summed E-state index contributed by atoms with van der Waals surface area (Å²) in [5.74, 6) is 0.718. The summed E-state index contributed by atoms with van der Waals surface area (Å²) in [5, 5.41) is 3.35. The Morgan fingerprint density at radius 1 is 1.33 bits per heavy atom. The van der Waals surface area contributed by atoms with Crippen molar-refractivity contribution in [1.29, 1.82) is 0 Å². The fourth-order valence-corrected chi connectivity index (χ4v) is 1.88. The number of aryl methyl sites for hydroxylation is 1. The van der Waals surface area contributed by atoms with Gasteiger partial charge < -0.3 is 10.1 Å². The molecule has 1 aromatic rings. The lowest BCUT2D eigenvalue weighted by Crippen LogP contribution is -2.13. The molecule has 0 aliphatic carbocycles. The SMILES string of the molecule is Cc1ccc(COC[C@H]2CCNC2)cc1. The van der Waals surface area contributed by atoms with Crippen molar-refractivity contribution in [2.45, 2.75) is 20.0 Å². The van der Waals surface area contributed by atoms with E-state index >= 15 is 0 Å². The molecule has 1 fully saturated rings. The first kappa shape index (κ1) is 10.7. The number of nitrogens with one attached hydrogen (secondary N) is 1. The summed E-state index contributed by atoms with van der Waals surface area (Å²) in [5.41, 5.74) is 2.57. The van der Waals surface area contributed by atoms with Gasteiger partial charge in [-0.05, 0) is 31.4 Å². The van der Waals surface area contributed by atoms with Crippen LogP contribution in [-0.2, 0) is 11.3 Å². The van der Waals surface area contributed by atoms with Crippen LogP contribution < -0.4 is 5.32 Å². The molecule has 1 aliphatic heterocycles. The molecule has 1 N–H and O–H groups in total. The Kier molecular flexibility index (Phi) is 3.75. The zero-order chi connectivity index (χ0) is 10.5. The first-order valence-corrected chi connectivity index (χ1v) is 5.68. The minimum Gasteiger partial charge on any atom is -0.376 e. The van der Waals surface area contributed by atoms with E-state index in [1.165, 1.54) is 17.5 Å². The fraction of sp³-hybridized carbons (Fsp3) is 0.538. The molecular weight excluding hydrogens is 186 g/mol. The average molecular weight is 205 g/mol. The van der Waals surface area contributed by atoms with E-state index in [4.69, 9.17) is 4.74 Å². The van der Waals surface area contributed by atoms with Crippen molar-refractivity contribution in [2.75, 3.05) is 19.7 Å². The normalized spacial score (nSPS) is 20.7. The van der Waals surface area contributed by atoms with Gasteiger partial charge in [-0.15, -0.1) is 0 Å². The van der Waals surface area contributed by atoms with Crippen LogP contribution in [0.2, 0.25) is 0 Å². The zero-order valence-electron chi connectivity index (χ0n) is 9.33. The number of benzene rings is 1. The molecule has 2 nitrogen and oxygen atoms in total. The molecule has 1 aromatic carbocycles. The molecule has 0 radical (unpaired) electrons. The molecular formula is C13H19NO. The Bertz CT molecular complexity index is 288. The summed E-state index contributed by atoms with van der Waals surface area (Å²) in [6.45, 7) is 6.01. The van der Waals surface area contributed by atoms with Gasteiger partial charge in [-0.2, -0.15) is 0 Å². The quantitative estimate of drug-likeness (QED) is 0.813. The van der Waals surface area contributed by atoms with E-state index in [0.717, 1.165) is 32.2 Å². The minimum atomic E-state index is 0.718. The first-order chi connectivity index (χ1) is 7.34. The third kappa shape index (κ3) is 3.33. The summed E-state index contributed by atoms with van der Waals surface area (Å²) in [6.07, 6.45) is 1.26. The maximum atomic E-state index is 5.70. The molecule has 1 saturated heterocycles. The van der Waals surface area contributed by atoms with Crippen molar-refractivity contribution in [3.05, 3.63) is 35.4 Å². The second-order valence-corrected chi connectivity index (χ2v) is 4.36. The van der Waals surface area contributed by atoms with Crippen molar-refractivity contribution < 1.29 is 4.74 Å². The van der Waals surface area contributed by atoms with Gasteiger partial charge in [-0.25, -0.2) is 0 Å². The molecule has 0 saturated carbocycles. The highest BCUT2D eigenvalue weighted by Crippen LogP contribution is 2.10. The molecule has 0 bridgehead atoms. The lowest BCUT2D eigenvalue weighted by atomic mass is 10.1. The van der Waals surface area contributed by atoms with Gasteiger partial charge in [0.2, 0.25) is 0 Å². The predicted molar refractivity (Wildman–Crippen MR) is 61.8 cm³/mol. The van der Waals surface area contributed by atoms with E-state index in [9.17, 15) is 0 Å². The molecule has 1 atom stereocenters. The Morgan fingerprint density at radius 3 is 2.80 bits per heavy atom. The van der Waals surface area contributed by atoms with Crippen LogP contribution in [0.5, 0.6) is 0 Å². The Hall–Kier alpha value is -0.860. The monoisotopic (exact) mass is 205 g/mol. The van der Waals surface area contributed by atoms with Gasteiger partial charge in [0.15, 0.2) is 0 Å². The van der Waals surface area contributed by atoms with Crippen LogP contribution in [0, 0.1) is 12.8 Å². The third-order valence-electron chi connectivity index (χ3n) is 2.91. The maximum Gasteiger partial charge on any atom is 0.0717 e. The molecule has 0 spiro atoms. The molecule has 0 amide bonds. The lowest BCUT2D eigenvalue weighted by molar-refractivity contribution is 0.0925. The highest BCUT2D eigenvalue weighted by atomic mass is 16.5. The molecule has 0 aromatic heterocycles. The third-order valence-corrected chi connectivity index (χ3v) is 2.91. The maximum absolute atomic E-state index is 5.70. The van der Waals surface area contributed by atoms with E-state index < -0.39 is 0 Å². The Labute approximate surface area is 91.6 Å². The molecule has 1 heterocycles. The van der Waals surface area contributed by atoms with Gasteiger partial charge in [0.05, 0.1) is 13.2 Å². The van der Waals surface area contributed by atoms with Crippen molar-refractivity contribution >= 4 is 0 Å². The smallest absolute Gasteiger partial charge is 0.0717 e. The largest absolute Gasteiger partial charge is 0.376 e. The van der Waals surface area contributed by atoms with Crippen LogP contribution in [0.1, 0.15) is 17.5 Å². The van der Waals surface area contributed by atoms with Crippen LogP contribution in [0.15, 0.2) is 24.3 Å². The van der Waals surface area contributed by atoms with E-state index in [2.05, 4.69) is 36.5 Å². The Morgan fingerprint density at radius 2 is 2.13 bits per heavy atom. The highest BCUT2D eigenvalue weighted by Gasteiger charge is 2.13. The topological polar surface area (TPSA) is 21.3 Å². The molecule has 2 heteroatoms. The predicted octanol–water partition coefficient (Wildman–Crippen LogP) is 2.12. The van der Waals surface area contributed by atoms with Crippen LogP contribution in [0.4, 0.5) is 0 Å². The van der Waals surface area contributed by atoms with E-state index in [1.807, 2.05) is 0 Å². The summed E-state index contributed by atoms with van der Waals surface area (Å²) < 4.78 is 5.70. The van der Waals surface area contributed by atoms with Crippen LogP contribution in [0.3, 0.4) is 0 Å². The van der Waals surface area contributed by atoms with Crippen molar-refractivity contribution in [3.8, 4) is 0 Å². The molecule has 0 unspecified atom stereocenters. The minimum absolute atomic E-state index is 0.718. The van der Waals surface area contributed by atoms with E-state index in [0.29, 0.717) is 0 Å². The summed E-state index contributed by atoms with van der Waals surface area (Å²) in [6, 6.07) is 8.55. The Balaban J connectivity index is 1.71. The molecule has 82 valence electrons. The molecule has 1 aliphatic rings. The first-order valence-electron chi connectivity index (χ1n) is 5.68. The fourth-order valence-electron chi connectivity index (χ4n) is 1.88. The van der Waals surface area contributed by atoms with Gasteiger partial charge in [0, 0.05) is 6.54 Å². The summed E-state index contributed by atoms with van der Waals surface area (Å²) in [7, 11) is 0. The van der Waals surface area contributed by atoms with Gasteiger partial charge in [-0.3, -0.25) is 0 Å². The molecule has 15 heavy (non-hydrogen) atoms. The van der Waals surface area contributed by atoms with Crippen LogP contribution in [0.25, 0.3) is 0 Å². The van der Waals surface area contributed by atoms with Gasteiger partial charge in [0.25, 0.3) is 0 Å². The van der Waals surface area contributed by atoms with Crippen molar-refractivity contribution in [2.24, 2.45) is 5.92 Å². The van der Waals surface area contributed by atoms with Crippen LogP contribution in [-0.4, -0.2) is 19.7 Å². The second-order valence-electron chi connectivity index (χ2n) is 4.36. The lowest BCUT2D eigenvalue weighted by Gasteiger charge is -2.09. The van der Waals surface area contributed by atoms with Crippen molar-refractivity contribution in [3.63, 3.8) is 0 Å². The van der Waals surface area contributed by atoms with Gasteiger partial charge in [0.1, 0.15) is 0 Å². The average Bonchev–Trinajstić information content (AvgIpc) is 2.74. The van der Waals surface area contributed by atoms with Crippen molar-refractivity contribution in [1.82, 2.24) is 5.32 Å². The number of ether oxygens (including phenoxy) is 1. The zero-order valence-corrected chi connectivity index (χ0v) is 9.33. The van der Waals surface area contributed by atoms with Gasteiger partial charge in [-0.1, -0.05) is 29.8 Å². The van der Waals surface area contributed by atoms with E-state index in [-0.39, 0.29) is 0 Å². The van der Waals surface area contributed by atoms with Crippen LogP contribution >= 0.6 is 0 Å². The highest BCUT2D eigenvalue weighted by molar-refractivity contribution is 5.20. The van der Waals surface area contributed by atoms with Gasteiger partial charge >= 0.3 is 0 Å².